The number of nitrogens with one attached hydrogen (secondary N) is 1. The topological polar surface area (TPSA) is 37.8 Å². The first-order chi connectivity index (χ1) is 10.1. The zero-order valence-electron chi connectivity index (χ0n) is 12.9. The van der Waals surface area contributed by atoms with Gasteiger partial charge in [-0.3, -0.25) is 0 Å². The maximum atomic E-state index is 12.7. The molecule has 0 spiro atoms. The summed E-state index contributed by atoms with van der Waals surface area (Å²) >= 11 is 0. The van der Waals surface area contributed by atoms with E-state index in [2.05, 4.69) is 36.1 Å². The average molecular weight is 309 g/mol. The maximum absolute atomic E-state index is 12.7. The molecule has 3 nitrogen and oxygen atoms in total. The summed E-state index contributed by atoms with van der Waals surface area (Å²) in [4.78, 5) is 7.38. The first-order valence-corrected chi connectivity index (χ1v) is 6.86. The Morgan fingerprint density at radius 1 is 1.05 bits per heavy atom. The fraction of sp³-hybridized carbons (Fsp3) is 0.375. The van der Waals surface area contributed by atoms with Crippen LogP contribution in [0.25, 0.3) is 0 Å². The van der Waals surface area contributed by atoms with Crippen molar-refractivity contribution in [3.63, 3.8) is 0 Å². The quantitative estimate of drug-likeness (QED) is 0.862. The van der Waals surface area contributed by atoms with Crippen molar-refractivity contribution in [2.24, 2.45) is 0 Å². The predicted molar refractivity (Wildman–Crippen MR) is 80.2 cm³/mol. The minimum absolute atomic E-state index is 0.0567. The number of rotatable bonds is 2. The van der Waals surface area contributed by atoms with E-state index >= 15 is 0 Å². The molecule has 0 saturated carbocycles. The first-order valence-electron chi connectivity index (χ1n) is 6.86. The maximum Gasteiger partial charge on any atom is 0.433 e. The molecular weight excluding hydrogens is 291 g/mol. The van der Waals surface area contributed by atoms with Crippen LogP contribution in [-0.2, 0) is 11.6 Å². The smallest absolute Gasteiger partial charge is 0.324 e. The van der Waals surface area contributed by atoms with Gasteiger partial charge in [0.25, 0.3) is 0 Å². The van der Waals surface area contributed by atoms with E-state index in [1.54, 1.807) is 0 Å². The van der Waals surface area contributed by atoms with E-state index in [4.69, 9.17) is 0 Å². The van der Waals surface area contributed by atoms with Crippen LogP contribution >= 0.6 is 0 Å². The first kappa shape index (κ1) is 16.3. The van der Waals surface area contributed by atoms with Crippen LogP contribution in [0, 0.1) is 6.92 Å². The Balaban J connectivity index is 2.35. The highest BCUT2D eigenvalue weighted by atomic mass is 19.4. The number of benzene rings is 1. The fourth-order valence-corrected chi connectivity index (χ4v) is 1.92. The van der Waals surface area contributed by atoms with E-state index in [0.29, 0.717) is 5.69 Å². The van der Waals surface area contributed by atoms with Crippen molar-refractivity contribution in [1.82, 2.24) is 9.97 Å². The molecule has 1 heterocycles. The molecule has 0 unspecified atom stereocenters. The second-order valence-electron chi connectivity index (χ2n) is 6.17. The number of halogens is 3. The standard InChI is InChI=1S/C16H18F3N3/c1-10-5-6-11(15(2,3)4)9-12(10)21-14-20-8-7-13(22-14)16(17,18)19/h5-9H,1-4H3,(H,20,21,22). The van der Waals surface area contributed by atoms with Gasteiger partial charge in [-0.1, -0.05) is 32.9 Å². The summed E-state index contributed by atoms with van der Waals surface area (Å²) in [7, 11) is 0. The molecule has 0 amide bonds. The molecule has 118 valence electrons. The minimum Gasteiger partial charge on any atom is -0.324 e. The number of hydrogen-bond acceptors (Lipinski definition) is 3. The molecule has 1 aromatic heterocycles. The molecule has 0 radical (unpaired) electrons. The number of nitrogens with zero attached hydrogens (tertiary/aromatic N) is 2. The molecule has 0 saturated heterocycles. The zero-order chi connectivity index (χ0) is 16.5. The van der Waals surface area contributed by atoms with Crippen molar-refractivity contribution in [2.75, 3.05) is 5.32 Å². The van der Waals surface area contributed by atoms with Crippen molar-refractivity contribution >= 4 is 11.6 Å². The highest BCUT2D eigenvalue weighted by Crippen LogP contribution is 2.30. The van der Waals surface area contributed by atoms with E-state index in [0.717, 1.165) is 23.4 Å². The molecule has 22 heavy (non-hydrogen) atoms. The normalized spacial score (nSPS) is 12.3. The number of anilines is 2. The lowest BCUT2D eigenvalue weighted by Gasteiger charge is -2.21. The van der Waals surface area contributed by atoms with Crippen LogP contribution in [0.4, 0.5) is 24.8 Å². The molecule has 0 atom stereocenters. The second-order valence-corrected chi connectivity index (χ2v) is 6.17. The van der Waals surface area contributed by atoms with E-state index < -0.39 is 11.9 Å². The van der Waals surface area contributed by atoms with Gasteiger partial charge in [0.2, 0.25) is 5.95 Å². The predicted octanol–water partition coefficient (Wildman–Crippen LogP) is 4.84. The van der Waals surface area contributed by atoms with Gasteiger partial charge < -0.3 is 5.32 Å². The zero-order valence-corrected chi connectivity index (χ0v) is 12.9. The molecule has 0 aliphatic heterocycles. The number of aromatic nitrogens is 2. The summed E-state index contributed by atoms with van der Waals surface area (Å²) in [6, 6.07) is 6.70. The van der Waals surface area contributed by atoms with Gasteiger partial charge in [-0.2, -0.15) is 13.2 Å². The third kappa shape index (κ3) is 3.75. The lowest BCUT2D eigenvalue weighted by Crippen LogP contribution is -2.12. The van der Waals surface area contributed by atoms with Crippen LogP contribution in [0.1, 0.15) is 37.6 Å². The summed E-state index contributed by atoms with van der Waals surface area (Å²) in [5.74, 6) is -0.0658. The van der Waals surface area contributed by atoms with Crippen LogP contribution in [0.2, 0.25) is 0 Å². The van der Waals surface area contributed by atoms with Crippen LogP contribution in [0.15, 0.2) is 30.5 Å². The Labute approximate surface area is 127 Å². The lowest BCUT2D eigenvalue weighted by atomic mass is 9.86. The van der Waals surface area contributed by atoms with E-state index in [-0.39, 0.29) is 11.4 Å². The van der Waals surface area contributed by atoms with Gasteiger partial charge in [0.15, 0.2) is 0 Å². The van der Waals surface area contributed by atoms with Gasteiger partial charge in [0.05, 0.1) is 0 Å². The molecule has 2 aromatic rings. The largest absolute Gasteiger partial charge is 0.433 e. The van der Waals surface area contributed by atoms with Gasteiger partial charge in [-0.05, 0) is 35.6 Å². The highest BCUT2D eigenvalue weighted by molar-refractivity contribution is 5.60. The van der Waals surface area contributed by atoms with E-state index in [9.17, 15) is 13.2 Å². The summed E-state index contributed by atoms with van der Waals surface area (Å²) in [6.07, 6.45) is -3.39. The van der Waals surface area contributed by atoms with E-state index in [1.165, 1.54) is 0 Å². The Kier molecular flexibility index (Phi) is 4.13. The van der Waals surface area contributed by atoms with Crippen molar-refractivity contribution in [3.8, 4) is 0 Å². The van der Waals surface area contributed by atoms with Crippen LogP contribution < -0.4 is 5.32 Å². The number of aryl methyl sites for hydroxylation is 1. The number of alkyl halides is 3. The lowest BCUT2D eigenvalue weighted by molar-refractivity contribution is -0.141. The molecule has 0 aliphatic carbocycles. The SMILES string of the molecule is Cc1ccc(C(C)(C)C)cc1Nc1nccc(C(F)(F)F)n1. The Morgan fingerprint density at radius 3 is 2.32 bits per heavy atom. The van der Waals surface area contributed by atoms with Crippen LogP contribution in [-0.4, -0.2) is 9.97 Å². The molecule has 1 N–H and O–H groups in total. The summed E-state index contributed by atoms with van der Waals surface area (Å²) in [5, 5.41) is 2.87. The minimum atomic E-state index is -4.48. The molecular formula is C16H18F3N3. The molecule has 6 heteroatoms. The van der Waals surface area contributed by atoms with Gasteiger partial charge >= 0.3 is 6.18 Å². The molecule has 0 fully saturated rings. The van der Waals surface area contributed by atoms with Gasteiger partial charge in [0.1, 0.15) is 5.69 Å². The molecule has 1 aromatic carbocycles. The summed E-state index contributed by atoms with van der Waals surface area (Å²) in [6.45, 7) is 8.09. The highest BCUT2D eigenvalue weighted by Gasteiger charge is 2.32. The Hall–Kier alpha value is -2.11. The third-order valence-electron chi connectivity index (χ3n) is 3.30. The number of hydrogen-bond donors (Lipinski definition) is 1. The fourth-order valence-electron chi connectivity index (χ4n) is 1.92. The molecule has 0 aliphatic rings. The van der Waals surface area contributed by atoms with Crippen molar-refractivity contribution in [3.05, 3.63) is 47.3 Å². The Bertz CT molecular complexity index is 673. The molecule has 0 bridgehead atoms. The van der Waals surface area contributed by atoms with Crippen LogP contribution in [0.5, 0.6) is 0 Å². The van der Waals surface area contributed by atoms with E-state index in [1.807, 2.05) is 25.1 Å². The third-order valence-corrected chi connectivity index (χ3v) is 3.30. The monoisotopic (exact) mass is 309 g/mol. The molecule has 2 rings (SSSR count). The van der Waals surface area contributed by atoms with Crippen molar-refractivity contribution < 1.29 is 13.2 Å². The van der Waals surface area contributed by atoms with Gasteiger partial charge in [-0.15, -0.1) is 0 Å². The van der Waals surface area contributed by atoms with Crippen molar-refractivity contribution in [2.45, 2.75) is 39.3 Å². The van der Waals surface area contributed by atoms with Gasteiger partial charge in [-0.25, -0.2) is 9.97 Å². The average Bonchev–Trinajstić information content (AvgIpc) is 2.39. The van der Waals surface area contributed by atoms with Crippen molar-refractivity contribution in [1.29, 1.82) is 0 Å². The summed E-state index contributed by atoms with van der Waals surface area (Å²) in [5.41, 5.74) is 1.67. The second kappa shape index (κ2) is 5.59. The van der Waals surface area contributed by atoms with Gasteiger partial charge in [0, 0.05) is 11.9 Å². The van der Waals surface area contributed by atoms with Crippen LogP contribution in [0.3, 0.4) is 0 Å². The Morgan fingerprint density at radius 2 is 1.73 bits per heavy atom. The summed E-state index contributed by atoms with van der Waals surface area (Å²) < 4.78 is 38.1.